The predicted octanol–water partition coefficient (Wildman–Crippen LogP) is 2.60. The van der Waals surface area contributed by atoms with E-state index in [1.807, 2.05) is 26.8 Å². The highest BCUT2D eigenvalue weighted by Gasteiger charge is 2.08. The van der Waals surface area contributed by atoms with Crippen LogP contribution in [0, 0.1) is 5.92 Å². The van der Waals surface area contributed by atoms with E-state index in [4.69, 9.17) is 0 Å². The minimum atomic E-state index is 0.0832. The molecule has 0 aromatic carbocycles. The van der Waals surface area contributed by atoms with Gasteiger partial charge in [0.2, 0.25) is 0 Å². The van der Waals surface area contributed by atoms with Gasteiger partial charge in [0.1, 0.15) is 5.78 Å². The molecule has 0 aromatic rings. The largest absolute Gasteiger partial charge is 0.300 e. The summed E-state index contributed by atoms with van der Waals surface area (Å²) < 4.78 is 0. The number of hydrogen-bond donors (Lipinski definition) is 0. The molecular weight excluding hydrogens is 150 g/mol. The summed E-state index contributed by atoms with van der Waals surface area (Å²) in [6.07, 6.45) is 4.44. The molecule has 0 saturated heterocycles. The van der Waals surface area contributed by atoms with Crippen LogP contribution in [0.15, 0.2) is 16.8 Å². The number of ketones is 1. The quantitative estimate of drug-likeness (QED) is 0.592. The fourth-order valence-corrected chi connectivity index (χ4v) is 0.868. The smallest absolute Gasteiger partial charge is 0.133 e. The Morgan fingerprint density at radius 1 is 1.50 bits per heavy atom. The molecule has 0 N–H and O–H groups in total. The molecule has 0 aliphatic heterocycles. The number of hydrogen-bond acceptors (Lipinski definition) is 2. The number of nitrogens with zero attached hydrogens (tertiary/aromatic N) is 1. The van der Waals surface area contributed by atoms with Crippen LogP contribution in [0.4, 0.5) is 0 Å². The van der Waals surface area contributed by atoms with Crippen molar-refractivity contribution in [3.8, 4) is 0 Å². The molecule has 0 aliphatic carbocycles. The molecule has 0 heterocycles. The molecular formula is C10H17NO. The van der Waals surface area contributed by atoms with E-state index < -0.39 is 0 Å². The number of aliphatic imine (C=N–C) groups is 1. The first-order valence-electron chi connectivity index (χ1n) is 4.26. The Bertz CT molecular complexity index is 204. The minimum Gasteiger partial charge on any atom is -0.300 e. The monoisotopic (exact) mass is 167 g/mol. The van der Waals surface area contributed by atoms with Crippen LogP contribution in [-0.4, -0.2) is 12.0 Å². The van der Waals surface area contributed by atoms with Gasteiger partial charge in [-0.1, -0.05) is 13.0 Å². The van der Waals surface area contributed by atoms with E-state index >= 15 is 0 Å². The van der Waals surface area contributed by atoms with Gasteiger partial charge in [-0.15, -0.1) is 0 Å². The fourth-order valence-electron chi connectivity index (χ4n) is 0.868. The Kier molecular flexibility index (Phi) is 5.26. The minimum absolute atomic E-state index is 0.0832. The van der Waals surface area contributed by atoms with E-state index in [1.165, 1.54) is 0 Å². The Balaban J connectivity index is 4.13. The molecule has 0 aliphatic rings. The average Bonchev–Trinajstić information content (AvgIpc) is 2.03. The summed E-state index contributed by atoms with van der Waals surface area (Å²) in [7, 11) is 0. The van der Waals surface area contributed by atoms with E-state index in [-0.39, 0.29) is 11.7 Å². The summed E-state index contributed by atoms with van der Waals surface area (Å²) in [5, 5.41) is 0. The molecule has 0 amide bonds. The molecule has 0 aromatic heterocycles. The Morgan fingerprint density at radius 2 is 2.08 bits per heavy atom. The van der Waals surface area contributed by atoms with Crippen LogP contribution in [-0.2, 0) is 4.79 Å². The number of carbonyl (C=O) groups excluding carboxylic acids is 1. The molecule has 0 saturated carbocycles. The van der Waals surface area contributed by atoms with E-state index in [1.54, 1.807) is 13.1 Å². The molecule has 1 atom stereocenters. The van der Waals surface area contributed by atoms with Crippen molar-refractivity contribution >= 4 is 12.0 Å². The summed E-state index contributed by atoms with van der Waals surface area (Å²) in [6, 6.07) is 0. The van der Waals surface area contributed by atoms with Crippen LogP contribution in [0.1, 0.15) is 34.1 Å². The normalized spacial score (nSPS) is 15.2. The van der Waals surface area contributed by atoms with Crippen molar-refractivity contribution in [1.82, 2.24) is 0 Å². The molecule has 0 spiro atoms. The lowest BCUT2D eigenvalue weighted by Crippen LogP contribution is -2.06. The van der Waals surface area contributed by atoms with Gasteiger partial charge in [0, 0.05) is 17.8 Å². The van der Waals surface area contributed by atoms with Crippen molar-refractivity contribution in [2.75, 3.05) is 0 Å². The summed E-state index contributed by atoms with van der Waals surface area (Å²) >= 11 is 0. The molecule has 12 heavy (non-hydrogen) atoms. The van der Waals surface area contributed by atoms with Gasteiger partial charge in [-0.25, -0.2) is 0 Å². The predicted molar refractivity (Wildman–Crippen MR) is 52.4 cm³/mol. The number of rotatable bonds is 4. The van der Waals surface area contributed by atoms with Crippen molar-refractivity contribution in [2.45, 2.75) is 34.1 Å². The maximum Gasteiger partial charge on any atom is 0.133 e. The summed E-state index contributed by atoms with van der Waals surface area (Å²) in [5.41, 5.74) is 0.986. The van der Waals surface area contributed by atoms with Gasteiger partial charge in [0.05, 0.1) is 0 Å². The number of Topliss-reactive ketones (excluding diaryl/α,β-unsaturated/α-hetero) is 1. The zero-order valence-corrected chi connectivity index (χ0v) is 8.29. The first-order valence-corrected chi connectivity index (χ1v) is 4.26. The average molecular weight is 167 g/mol. The van der Waals surface area contributed by atoms with E-state index in [2.05, 4.69) is 4.99 Å². The van der Waals surface area contributed by atoms with E-state index in [0.29, 0.717) is 0 Å². The van der Waals surface area contributed by atoms with Gasteiger partial charge >= 0.3 is 0 Å². The standard InChI is InChI=1S/C10H17NO/c1-5-10(11-6-2)7-8(3)9(4)12/h5-6,8H,7H2,1-4H3/b10-5-,11-6?/t8-/m0/s1. The van der Waals surface area contributed by atoms with Gasteiger partial charge in [-0.2, -0.15) is 0 Å². The highest BCUT2D eigenvalue weighted by atomic mass is 16.1. The lowest BCUT2D eigenvalue weighted by Gasteiger charge is -2.06. The van der Waals surface area contributed by atoms with Crippen molar-refractivity contribution in [3.63, 3.8) is 0 Å². The van der Waals surface area contributed by atoms with Crippen LogP contribution < -0.4 is 0 Å². The Labute approximate surface area is 74.4 Å². The molecule has 2 nitrogen and oxygen atoms in total. The second-order valence-electron chi connectivity index (χ2n) is 2.88. The first kappa shape index (κ1) is 11.1. The lowest BCUT2D eigenvalue weighted by atomic mass is 10.0. The van der Waals surface area contributed by atoms with Crippen molar-refractivity contribution in [2.24, 2.45) is 10.9 Å². The Morgan fingerprint density at radius 3 is 2.42 bits per heavy atom. The van der Waals surface area contributed by atoms with Crippen molar-refractivity contribution in [3.05, 3.63) is 11.8 Å². The molecule has 0 rings (SSSR count). The third kappa shape index (κ3) is 4.06. The number of carbonyl (C=O) groups is 1. The van der Waals surface area contributed by atoms with E-state index in [9.17, 15) is 4.79 Å². The van der Waals surface area contributed by atoms with Gasteiger partial charge in [0.25, 0.3) is 0 Å². The zero-order valence-electron chi connectivity index (χ0n) is 8.29. The van der Waals surface area contributed by atoms with Crippen molar-refractivity contribution in [1.29, 1.82) is 0 Å². The highest BCUT2D eigenvalue weighted by Crippen LogP contribution is 2.12. The van der Waals surface area contributed by atoms with Crippen LogP contribution in [0.5, 0.6) is 0 Å². The van der Waals surface area contributed by atoms with Crippen LogP contribution in [0.2, 0.25) is 0 Å². The molecule has 0 bridgehead atoms. The molecule has 68 valence electrons. The maximum atomic E-state index is 10.9. The Hall–Kier alpha value is -0.920. The van der Waals surface area contributed by atoms with Gasteiger partial charge < -0.3 is 0 Å². The van der Waals surface area contributed by atoms with Gasteiger partial charge in [0.15, 0.2) is 0 Å². The second kappa shape index (κ2) is 5.70. The topological polar surface area (TPSA) is 29.4 Å². The summed E-state index contributed by atoms with van der Waals surface area (Å²) in [6.45, 7) is 7.36. The number of allylic oxidation sites excluding steroid dienone is 2. The van der Waals surface area contributed by atoms with Gasteiger partial charge in [-0.05, 0) is 27.2 Å². The van der Waals surface area contributed by atoms with Crippen LogP contribution in [0.3, 0.4) is 0 Å². The van der Waals surface area contributed by atoms with Crippen LogP contribution in [0.25, 0.3) is 0 Å². The molecule has 0 unspecified atom stereocenters. The van der Waals surface area contributed by atoms with E-state index in [0.717, 1.165) is 12.1 Å². The summed E-state index contributed by atoms with van der Waals surface area (Å²) in [5.74, 6) is 0.306. The third-order valence-electron chi connectivity index (χ3n) is 1.84. The highest BCUT2D eigenvalue weighted by molar-refractivity contribution is 5.78. The van der Waals surface area contributed by atoms with Gasteiger partial charge in [-0.3, -0.25) is 9.79 Å². The van der Waals surface area contributed by atoms with Crippen LogP contribution >= 0.6 is 0 Å². The maximum absolute atomic E-state index is 10.9. The van der Waals surface area contributed by atoms with Crippen molar-refractivity contribution < 1.29 is 4.79 Å². The second-order valence-corrected chi connectivity index (χ2v) is 2.88. The first-order chi connectivity index (χ1) is 5.61. The fraction of sp³-hybridized carbons (Fsp3) is 0.600. The lowest BCUT2D eigenvalue weighted by molar-refractivity contribution is -0.120. The molecule has 0 radical (unpaired) electrons. The third-order valence-corrected chi connectivity index (χ3v) is 1.84. The zero-order chi connectivity index (χ0) is 9.56. The molecule has 0 fully saturated rings. The molecule has 2 heteroatoms. The summed E-state index contributed by atoms with van der Waals surface area (Å²) in [4.78, 5) is 15.1. The SMILES string of the molecule is CC=N/C(=C\C)C[C@H](C)C(C)=O.